The number of amides is 2. The predicted octanol–water partition coefficient (Wildman–Crippen LogP) is 4.51. The van der Waals surface area contributed by atoms with Gasteiger partial charge in [0.15, 0.2) is 0 Å². The molecule has 2 aromatic carbocycles. The summed E-state index contributed by atoms with van der Waals surface area (Å²) >= 11 is 1.48. The molecule has 0 aliphatic heterocycles. The molecule has 0 bridgehead atoms. The molecule has 0 radical (unpaired) electrons. The van der Waals surface area contributed by atoms with Gasteiger partial charge in [-0.05, 0) is 36.2 Å². The second kappa shape index (κ2) is 8.60. The summed E-state index contributed by atoms with van der Waals surface area (Å²) in [7, 11) is 0. The van der Waals surface area contributed by atoms with Gasteiger partial charge >= 0.3 is 0 Å². The van der Waals surface area contributed by atoms with Crippen LogP contribution in [0.15, 0.2) is 53.9 Å². The van der Waals surface area contributed by atoms with E-state index in [1.165, 1.54) is 23.8 Å². The van der Waals surface area contributed by atoms with Crippen LogP contribution in [0.1, 0.15) is 25.1 Å². The fourth-order valence-corrected chi connectivity index (χ4v) is 3.46. The first-order valence-corrected chi connectivity index (χ1v) is 9.62. The highest BCUT2D eigenvalue weighted by Crippen LogP contribution is 2.26. The van der Waals surface area contributed by atoms with Gasteiger partial charge in [0.25, 0.3) is 0 Å². The zero-order valence-corrected chi connectivity index (χ0v) is 16.1. The third kappa shape index (κ3) is 5.24. The smallest absolute Gasteiger partial charge is 0.230 e. The van der Waals surface area contributed by atoms with Crippen LogP contribution < -0.4 is 10.6 Å². The van der Waals surface area contributed by atoms with Crippen molar-refractivity contribution in [3.05, 3.63) is 65.2 Å². The number of thiazole rings is 1. The maximum absolute atomic E-state index is 12.3. The molecule has 3 rings (SSSR count). The molecule has 1 heterocycles. The molecule has 0 saturated carbocycles. The van der Waals surface area contributed by atoms with Crippen molar-refractivity contribution in [1.82, 2.24) is 4.98 Å². The molecule has 0 unspecified atom stereocenters. The van der Waals surface area contributed by atoms with E-state index >= 15 is 0 Å². The van der Waals surface area contributed by atoms with Gasteiger partial charge in [0, 0.05) is 29.2 Å². The molecule has 0 fully saturated rings. The van der Waals surface area contributed by atoms with E-state index in [4.69, 9.17) is 0 Å². The maximum Gasteiger partial charge on any atom is 0.230 e. The van der Waals surface area contributed by atoms with E-state index in [2.05, 4.69) is 22.5 Å². The quantitative estimate of drug-likeness (QED) is 0.662. The van der Waals surface area contributed by atoms with Crippen LogP contribution in [0.5, 0.6) is 0 Å². The van der Waals surface area contributed by atoms with Gasteiger partial charge in [0.2, 0.25) is 11.8 Å². The Hall–Kier alpha value is -2.99. The number of aromatic nitrogens is 1. The Kier molecular flexibility index (Phi) is 5.98. The minimum atomic E-state index is -0.115. The van der Waals surface area contributed by atoms with Crippen LogP contribution in [0.3, 0.4) is 0 Å². The van der Waals surface area contributed by atoms with Crippen molar-refractivity contribution >= 4 is 34.5 Å². The van der Waals surface area contributed by atoms with Crippen LogP contribution in [0.2, 0.25) is 0 Å². The Labute approximate surface area is 162 Å². The Morgan fingerprint density at radius 3 is 2.52 bits per heavy atom. The predicted molar refractivity (Wildman–Crippen MR) is 110 cm³/mol. The molecule has 27 heavy (non-hydrogen) atoms. The molecule has 0 saturated heterocycles. The molecule has 3 aromatic rings. The van der Waals surface area contributed by atoms with E-state index in [-0.39, 0.29) is 18.2 Å². The highest BCUT2D eigenvalue weighted by Gasteiger charge is 2.10. The van der Waals surface area contributed by atoms with E-state index < -0.39 is 0 Å². The van der Waals surface area contributed by atoms with E-state index in [0.717, 1.165) is 34.1 Å². The Morgan fingerprint density at radius 1 is 1.04 bits per heavy atom. The summed E-state index contributed by atoms with van der Waals surface area (Å²) in [5, 5.41) is 8.37. The third-order valence-electron chi connectivity index (χ3n) is 3.97. The Bertz CT molecular complexity index is 948. The number of hydrogen-bond acceptors (Lipinski definition) is 4. The molecule has 0 aliphatic carbocycles. The second-order valence-corrected chi connectivity index (χ2v) is 7.04. The lowest BCUT2D eigenvalue weighted by Crippen LogP contribution is -2.14. The fraction of sp³-hybridized carbons (Fsp3) is 0.190. The van der Waals surface area contributed by atoms with Crippen LogP contribution in [-0.4, -0.2) is 16.8 Å². The number of nitrogens with one attached hydrogen (secondary N) is 2. The van der Waals surface area contributed by atoms with Crippen LogP contribution in [0.4, 0.5) is 11.4 Å². The summed E-state index contributed by atoms with van der Waals surface area (Å²) in [6, 6.07) is 15.4. The van der Waals surface area contributed by atoms with Gasteiger partial charge < -0.3 is 10.6 Å². The minimum absolute atomic E-state index is 0.0944. The molecule has 0 atom stereocenters. The highest BCUT2D eigenvalue weighted by molar-refractivity contribution is 7.13. The zero-order chi connectivity index (χ0) is 19.2. The van der Waals surface area contributed by atoms with E-state index in [0.29, 0.717) is 0 Å². The van der Waals surface area contributed by atoms with Gasteiger partial charge in [0.05, 0.1) is 12.1 Å². The molecule has 0 spiro atoms. The van der Waals surface area contributed by atoms with E-state index in [9.17, 15) is 9.59 Å². The lowest BCUT2D eigenvalue weighted by atomic mass is 10.1. The second-order valence-electron chi connectivity index (χ2n) is 6.18. The molecule has 2 N–H and O–H groups in total. The van der Waals surface area contributed by atoms with Gasteiger partial charge in [0.1, 0.15) is 5.01 Å². The van der Waals surface area contributed by atoms with Crippen molar-refractivity contribution in [3.63, 3.8) is 0 Å². The first-order valence-electron chi connectivity index (χ1n) is 8.74. The number of benzene rings is 2. The monoisotopic (exact) mass is 379 g/mol. The van der Waals surface area contributed by atoms with Gasteiger partial charge in [-0.15, -0.1) is 11.3 Å². The number of aryl methyl sites for hydroxylation is 1. The number of anilines is 2. The van der Waals surface area contributed by atoms with Crippen LogP contribution in [0, 0.1) is 0 Å². The number of nitrogens with zero attached hydrogens (tertiary/aromatic N) is 1. The summed E-state index contributed by atoms with van der Waals surface area (Å²) in [5.41, 5.74) is 4.38. The third-order valence-corrected chi connectivity index (χ3v) is 4.91. The van der Waals surface area contributed by atoms with Crippen LogP contribution in [-0.2, 0) is 22.4 Å². The van der Waals surface area contributed by atoms with Crippen molar-refractivity contribution in [2.45, 2.75) is 26.7 Å². The number of carbonyl (C=O) groups is 2. The normalized spacial score (nSPS) is 10.4. The number of carbonyl (C=O) groups excluding carboxylic acids is 2. The SMILES string of the molecule is CCc1ccc(NC(=O)Cc2csc(-c3cccc(NC(C)=O)c3)n2)cc1. The van der Waals surface area contributed by atoms with Crippen LogP contribution >= 0.6 is 11.3 Å². The molecule has 5 nitrogen and oxygen atoms in total. The molecule has 0 aliphatic rings. The average molecular weight is 379 g/mol. The van der Waals surface area contributed by atoms with E-state index in [1.54, 1.807) is 0 Å². The summed E-state index contributed by atoms with van der Waals surface area (Å²) in [6.45, 7) is 3.57. The van der Waals surface area contributed by atoms with Gasteiger partial charge in [-0.3, -0.25) is 9.59 Å². The zero-order valence-electron chi connectivity index (χ0n) is 15.3. The van der Waals surface area contributed by atoms with Crippen molar-refractivity contribution in [1.29, 1.82) is 0 Å². The summed E-state index contributed by atoms with van der Waals surface area (Å²) < 4.78 is 0. The summed E-state index contributed by atoms with van der Waals surface area (Å²) in [5.74, 6) is -0.210. The lowest BCUT2D eigenvalue weighted by Gasteiger charge is -2.05. The lowest BCUT2D eigenvalue weighted by molar-refractivity contribution is -0.116. The highest BCUT2D eigenvalue weighted by atomic mass is 32.1. The van der Waals surface area contributed by atoms with Crippen molar-refractivity contribution in [2.24, 2.45) is 0 Å². The molecular weight excluding hydrogens is 358 g/mol. The first kappa shape index (κ1) is 18.8. The molecule has 6 heteroatoms. The van der Waals surface area contributed by atoms with Gasteiger partial charge in [-0.25, -0.2) is 4.98 Å². The Balaban J connectivity index is 1.65. The topological polar surface area (TPSA) is 71.1 Å². The van der Waals surface area contributed by atoms with Crippen LogP contribution in [0.25, 0.3) is 10.6 Å². The first-order chi connectivity index (χ1) is 13.0. The van der Waals surface area contributed by atoms with Crippen molar-refractivity contribution in [3.8, 4) is 10.6 Å². The minimum Gasteiger partial charge on any atom is -0.326 e. The number of rotatable bonds is 6. The summed E-state index contributed by atoms with van der Waals surface area (Å²) in [6.07, 6.45) is 1.19. The Morgan fingerprint density at radius 2 is 1.81 bits per heavy atom. The maximum atomic E-state index is 12.3. The average Bonchev–Trinajstić information content (AvgIpc) is 3.10. The summed E-state index contributed by atoms with van der Waals surface area (Å²) in [4.78, 5) is 28.0. The molecule has 1 aromatic heterocycles. The van der Waals surface area contributed by atoms with Gasteiger partial charge in [-0.1, -0.05) is 31.2 Å². The van der Waals surface area contributed by atoms with Gasteiger partial charge in [-0.2, -0.15) is 0 Å². The molecule has 138 valence electrons. The molecule has 2 amide bonds. The van der Waals surface area contributed by atoms with Crippen molar-refractivity contribution in [2.75, 3.05) is 10.6 Å². The largest absolute Gasteiger partial charge is 0.326 e. The fourth-order valence-electron chi connectivity index (χ4n) is 2.65. The standard InChI is InChI=1S/C21H21N3O2S/c1-3-15-7-9-17(10-8-15)23-20(26)12-19-13-27-21(24-19)16-5-4-6-18(11-16)22-14(2)25/h4-11,13H,3,12H2,1-2H3,(H,22,25)(H,23,26). The number of hydrogen-bond donors (Lipinski definition) is 2. The van der Waals surface area contributed by atoms with E-state index in [1.807, 2.05) is 53.9 Å². The van der Waals surface area contributed by atoms with Crippen molar-refractivity contribution < 1.29 is 9.59 Å². The molecular formula is C21H21N3O2S.